The van der Waals surface area contributed by atoms with Crippen LogP contribution in [0.2, 0.25) is 0 Å². The van der Waals surface area contributed by atoms with E-state index in [2.05, 4.69) is 29.2 Å². The lowest BCUT2D eigenvalue weighted by atomic mass is 9.81. The van der Waals surface area contributed by atoms with Gasteiger partial charge in [-0.05, 0) is 39.7 Å². The van der Waals surface area contributed by atoms with E-state index >= 15 is 0 Å². The van der Waals surface area contributed by atoms with Crippen LogP contribution in [0.5, 0.6) is 0 Å². The minimum absolute atomic E-state index is 0.286. The molecule has 1 saturated carbocycles. The molecule has 1 saturated heterocycles. The Labute approximate surface area is 131 Å². The number of hydrogen-bond acceptors (Lipinski definition) is 5. The number of rotatable bonds is 7. The molecule has 1 aliphatic carbocycles. The minimum atomic E-state index is 0.286. The topological polar surface area (TPSA) is 37.4 Å². The molecule has 1 aromatic heterocycles. The van der Waals surface area contributed by atoms with Crippen molar-refractivity contribution in [1.29, 1.82) is 0 Å². The third-order valence-corrected chi connectivity index (χ3v) is 5.53. The van der Waals surface area contributed by atoms with E-state index in [0.717, 1.165) is 38.9 Å². The third kappa shape index (κ3) is 4.25. The summed E-state index contributed by atoms with van der Waals surface area (Å²) in [5.74, 6) is 0. The van der Waals surface area contributed by atoms with Gasteiger partial charge in [0.25, 0.3) is 0 Å². The highest BCUT2D eigenvalue weighted by molar-refractivity contribution is 7.09. The number of ether oxygens (including phenoxy) is 1. The quantitative estimate of drug-likeness (QED) is 0.839. The summed E-state index contributed by atoms with van der Waals surface area (Å²) in [4.78, 5) is 8.19. The fourth-order valence-corrected chi connectivity index (χ4v) is 4.09. The van der Waals surface area contributed by atoms with Crippen molar-refractivity contribution >= 4 is 11.3 Å². The lowest BCUT2D eigenvalue weighted by molar-refractivity contribution is -0.0238. The predicted octanol–water partition coefficient (Wildman–Crippen LogP) is 2.43. The van der Waals surface area contributed by atoms with Gasteiger partial charge in [-0.25, -0.2) is 4.98 Å². The van der Waals surface area contributed by atoms with E-state index in [4.69, 9.17) is 4.74 Å². The maximum atomic E-state index is 5.82. The highest BCUT2D eigenvalue weighted by Crippen LogP contribution is 2.31. The number of aromatic nitrogens is 1. The van der Waals surface area contributed by atoms with E-state index in [0.29, 0.717) is 0 Å². The number of hydrogen-bond donors (Lipinski definition) is 1. The van der Waals surface area contributed by atoms with Gasteiger partial charge in [0, 0.05) is 42.6 Å². The molecule has 1 aromatic rings. The molecular weight excluding hydrogens is 282 g/mol. The standard InChI is InChI=1S/C16H27N3OS/c1-13-15(21-12-18-13)8-19(2)10-16(6-3-7-20-11-16)9-17-14-4-5-14/h12,14,17H,3-11H2,1-2H3. The van der Waals surface area contributed by atoms with Crippen LogP contribution in [0.4, 0.5) is 0 Å². The Morgan fingerprint density at radius 2 is 2.38 bits per heavy atom. The van der Waals surface area contributed by atoms with Gasteiger partial charge >= 0.3 is 0 Å². The Bertz CT molecular complexity index is 452. The van der Waals surface area contributed by atoms with Crippen molar-refractivity contribution in [1.82, 2.24) is 15.2 Å². The predicted molar refractivity (Wildman–Crippen MR) is 86.7 cm³/mol. The Balaban J connectivity index is 1.58. The van der Waals surface area contributed by atoms with Crippen LogP contribution >= 0.6 is 11.3 Å². The first-order valence-corrected chi connectivity index (χ1v) is 8.93. The molecule has 0 radical (unpaired) electrons. The van der Waals surface area contributed by atoms with Crippen molar-refractivity contribution in [3.63, 3.8) is 0 Å². The fourth-order valence-electron chi connectivity index (χ4n) is 3.23. The van der Waals surface area contributed by atoms with Gasteiger partial charge in [0.2, 0.25) is 0 Å². The van der Waals surface area contributed by atoms with Gasteiger partial charge in [0.05, 0.1) is 17.8 Å². The summed E-state index contributed by atoms with van der Waals surface area (Å²) >= 11 is 1.77. The lowest BCUT2D eigenvalue weighted by Gasteiger charge is -2.40. The van der Waals surface area contributed by atoms with Crippen molar-refractivity contribution in [3.05, 3.63) is 16.1 Å². The highest BCUT2D eigenvalue weighted by atomic mass is 32.1. The van der Waals surface area contributed by atoms with Crippen LogP contribution in [-0.2, 0) is 11.3 Å². The molecule has 3 rings (SSSR count). The average Bonchev–Trinajstić information content (AvgIpc) is 3.22. The maximum absolute atomic E-state index is 5.82. The van der Waals surface area contributed by atoms with Crippen LogP contribution in [0.1, 0.15) is 36.3 Å². The Kier molecular flexibility index (Phi) is 4.94. The first kappa shape index (κ1) is 15.4. The van der Waals surface area contributed by atoms with Gasteiger partial charge in [-0.3, -0.25) is 0 Å². The lowest BCUT2D eigenvalue weighted by Crippen LogP contribution is -2.48. The summed E-state index contributed by atoms with van der Waals surface area (Å²) in [6, 6.07) is 0.776. The van der Waals surface area contributed by atoms with E-state index in [1.165, 1.54) is 36.3 Å². The van der Waals surface area contributed by atoms with E-state index in [9.17, 15) is 0 Å². The van der Waals surface area contributed by atoms with Crippen molar-refractivity contribution in [2.75, 3.05) is 33.4 Å². The van der Waals surface area contributed by atoms with Crippen molar-refractivity contribution in [2.24, 2.45) is 5.41 Å². The molecule has 2 fully saturated rings. The van der Waals surface area contributed by atoms with Crippen LogP contribution in [-0.4, -0.2) is 49.3 Å². The molecule has 1 N–H and O–H groups in total. The van der Waals surface area contributed by atoms with Gasteiger partial charge in [0.15, 0.2) is 0 Å². The molecule has 118 valence electrons. The molecule has 5 heteroatoms. The third-order valence-electron chi connectivity index (χ3n) is 4.61. The zero-order valence-electron chi connectivity index (χ0n) is 13.2. The molecule has 21 heavy (non-hydrogen) atoms. The van der Waals surface area contributed by atoms with Crippen molar-refractivity contribution in [2.45, 2.75) is 45.2 Å². The SMILES string of the molecule is Cc1ncsc1CN(C)CC1(CNC2CC2)CCCOC1. The zero-order valence-corrected chi connectivity index (χ0v) is 14.0. The molecule has 1 atom stereocenters. The van der Waals surface area contributed by atoms with Crippen molar-refractivity contribution < 1.29 is 4.74 Å². The van der Waals surface area contributed by atoms with Crippen molar-refractivity contribution in [3.8, 4) is 0 Å². The second-order valence-electron chi connectivity index (χ2n) is 6.84. The van der Waals surface area contributed by atoms with Gasteiger partial charge < -0.3 is 15.0 Å². The molecule has 2 heterocycles. The Morgan fingerprint density at radius 1 is 1.52 bits per heavy atom. The maximum Gasteiger partial charge on any atom is 0.0798 e. The average molecular weight is 309 g/mol. The largest absolute Gasteiger partial charge is 0.381 e. The molecule has 0 spiro atoms. The van der Waals surface area contributed by atoms with Gasteiger partial charge in [-0.15, -0.1) is 11.3 Å². The molecule has 4 nitrogen and oxygen atoms in total. The summed E-state index contributed by atoms with van der Waals surface area (Å²) in [7, 11) is 2.23. The second kappa shape index (κ2) is 6.73. The highest BCUT2D eigenvalue weighted by Gasteiger charge is 2.35. The van der Waals surface area contributed by atoms with Crippen LogP contribution in [0.15, 0.2) is 5.51 Å². The van der Waals surface area contributed by atoms with Crippen LogP contribution < -0.4 is 5.32 Å². The number of thiazole rings is 1. The van der Waals surface area contributed by atoms with E-state index in [1.54, 1.807) is 11.3 Å². The second-order valence-corrected chi connectivity index (χ2v) is 7.78. The summed E-state index contributed by atoms with van der Waals surface area (Å²) in [6.45, 7) is 7.14. The van der Waals surface area contributed by atoms with Crippen LogP contribution in [0, 0.1) is 12.3 Å². The van der Waals surface area contributed by atoms with Gasteiger partial charge in [-0.2, -0.15) is 0 Å². The minimum Gasteiger partial charge on any atom is -0.381 e. The Hall–Kier alpha value is -0.490. The monoisotopic (exact) mass is 309 g/mol. The molecule has 1 unspecified atom stereocenters. The Morgan fingerprint density at radius 3 is 3.00 bits per heavy atom. The molecule has 2 aliphatic rings. The summed E-state index contributed by atoms with van der Waals surface area (Å²) in [5, 5.41) is 3.73. The molecule has 1 aliphatic heterocycles. The smallest absolute Gasteiger partial charge is 0.0798 e. The van der Waals surface area contributed by atoms with Gasteiger partial charge in [-0.1, -0.05) is 0 Å². The number of aryl methyl sites for hydroxylation is 1. The summed E-state index contributed by atoms with van der Waals surface area (Å²) in [5.41, 5.74) is 3.41. The summed E-state index contributed by atoms with van der Waals surface area (Å²) in [6.07, 6.45) is 5.18. The first-order chi connectivity index (χ1) is 10.2. The summed E-state index contributed by atoms with van der Waals surface area (Å²) < 4.78 is 5.82. The number of nitrogens with one attached hydrogen (secondary N) is 1. The van der Waals surface area contributed by atoms with Gasteiger partial charge in [0.1, 0.15) is 0 Å². The zero-order chi connectivity index (χ0) is 14.7. The number of nitrogens with zero attached hydrogens (tertiary/aromatic N) is 2. The fraction of sp³-hybridized carbons (Fsp3) is 0.812. The molecule has 0 bridgehead atoms. The molecule has 0 aromatic carbocycles. The van der Waals surface area contributed by atoms with E-state index < -0.39 is 0 Å². The molecular formula is C16H27N3OS. The van der Waals surface area contributed by atoms with E-state index in [1.807, 2.05) is 5.51 Å². The van der Waals surface area contributed by atoms with Crippen LogP contribution in [0.3, 0.4) is 0 Å². The normalized spacial score (nSPS) is 26.4. The van der Waals surface area contributed by atoms with Crippen LogP contribution in [0.25, 0.3) is 0 Å². The first-order valence-electron chi connectivity index (χ1n) is 8.06. The van der Waals surface area contributed by atoms with E-state index in [-0.39, 0.29) is 5.41 Å². The molecule has 0 amide bonds.